The van der Waals surface area contributed by atoms with Gasteiger partial charge in [0.2, 0.25) is 11.7 Å². The molecule has 0 bridgehead atoms. The molecule has 2 aromatic carbocycles. The van der Waals surface area contributed by atoms with E-state index in [1.165, 1.54) is 13.8 Å². The Bertz CT molecular complexity index is 1090. The van der Waals surface area contributed by atoms with Gasteiger partial charge in [-0.1, -0.05) is 31.5 Å². The maximum absolute atomic E-state index is 12.9. The lowest BCUT2D eigenvalue weighted by Gasteiger charge is -2.23. The zero-order valence-corrected chi connectivity index (χ0v) is 19.7. The second-order valence-electron chi connectivity index (χ2n) is 8.77. The predicted molar refractivity (Wildman–Crippen MR) is 125 cm³/mol. The number of ether oxygens (including phenoxy) is 1. The first-order chi connectivity index (χ1) is 15.6. The van der Waals surface area contributed by atoms with E-state index >= 15 is 0 Å². The summed E-state index contributed by atoms with van der Waals surface area (Å²) in [5, 5.41) is 2.73. The number of hydrogen-bond acceptors (Lipinski definition) is 5. The average molecular weight is 451 g/mol. The molecule has 0 aromatic heterocycles. The predicted octanol–water partition coefficient (Wildman–Crippen LogP) is 3.47. The first-order valence-corrected chi connectivity index (χ1v) is 11.1. The molecule has 7 heteroatoms. The van der Waals surface area contributed by atoms with Crippen molar-refractivity contribution >= 4 is 29.3 Å². The van der Waals surface area contributed by atoms with Gasteiger partial charge in [-0.25, -0.2) is 4.79 Å². The van der Waals surface area contributed by atoms with Gasteiger partial charge in [0.25, 0.3) is 5.91 Å². The van der Waals surface area contributed by atoms with Gasteiger partial charge in [-0.3, -0.25) is 14.4 Å². The number of carbonyl (C=O) groups excluding carboxylic acids is 4. The van der Waals surface area contributed by atoms with Crippen LogP contribution in [0.2, 0.25) is 0 Å². The van der Waals surface area contributed by atoms with E-state index in [-0.39, 0.29) is 23.5 Å². The number of hydrogen-bond donors (Lipinski definition) is 1. The monoisotopic (exact) mass is 450 g/mol. The molecule has 1 unspecified atom stereocenters. The number of anilines is 1. The fourth-order valence-electron chi connectivity index (χ4n) is 3.93. The number of carbonyl (C=O) groups is 4. The van der Waals surface area contributed by atoms with Crippen molar-refractivity contribution in [3.63, 3.8) is 0 Å². The summed E-state index contributed by atoms with van der Waals surface area (Å²) in [5.41, 5.74) is 3.54. The third-order valence-corrected chi connectivity index (χ3v) is 5.79. The Hall–Kier alpha value is -3.48. The van der Waals surface area contributed by atoms with Crippen LogP contribution in [0.5, 0.6) is 0 Å². The molecule has 2 aromatic rings. The van der Waals surface area contributed by atoms with Gasteiger partial charge >= 0.3 is 5.97 Å². The summed E-state index contributed by atoms with van der Waals surface area (Å²) in [4.78, 5) is 51.8. The number of rotatable bonds is 7. The SMILES string of the molecule is CC(=O)N1CCc2cc(C(=O)C(C)OC(=O)[C@@H](NC(=O)c3cccc(C)c3)C(C)C)ccc21. The normalized spacial score (nSPS) is 14.4. The number of fused-ring (bicyclic) bond motifs is 1. The minimum Gasteiger partial charge on any atom is -0.453 e. The molecule has 0 aliphatic carbocycles. The summed E-state index contributed by atoms with van der Waals surface area (Å²) in [6.07, 6.45) is -0.345. The molecular weight excluding hydrogens is 420 g/mol. The number of nitrogens with one attached hydrogen (secondary N) is 1. The highest BCUT2D eigenvalue weighted by molar-refractivity contribution is 6.02. The van der Waals surface area contributed by atoms with Crippen LogP contribution in [-0.2, 0) is 20.7 Å². The van der Waals surface area contributed by atoms with Gasteiger partial charge in [0.05, 0.1) is 0 Å². The molecule has 33 heavy (non-hydrogen) atoms. The van der Waals surface area contributed by atoms with Crippen molar-refractivity contribution < 1.29 is 23.9 Å². The molecule has 0 fully saturated rings. The van der Waals surface area contributed by atoms with Crippen LogP contribution in [-0.4, -0.2) is 42.3 Å². The number of amides is 2. The molecule has 2 amide bonds. The lowest BCUT2D eigenvalue weighted by atomic mass is 10.0. The number of nitrogens with zero attached hydrogens (tertiary/aromatic N) is 1. The van der Waals surface area contributed by atoms with Crippen LogP contribution in [0, 0.1) is 12.8 Å². The molecule has 1 aliphatic heterocycles. The van der Waals surface area contributed by atoms with E-state index in [4.69, 9.17) is 4.74 Å². The summed E-state index contributed by atoms with van der Waals surface area (Å²) in [6.45, 7) is 9.11. The highest BCUT2D eigenvalue weighted by atomic mass is 16.5. The van der Waals surface area contributed by atoms with E-state index in [1.54, 1.807) is 55.1 Å². The number of Topliss-reactive ketones (excluding diaryl/α,β-unsaturated/α-hetero) is 1. The molecule has 174 valence electrons. The van der Waals surface area contributed by atoms with Crippen LogP contribution in [0.4, 0.5) is 5.69 Å². The van der Waals surface area contributed by atoms with E-state index in [0.29, 0.717) is 24.1 Å². The quantitative estimate of drug-likeness (QED) is 0.515. The topological polar surface area (TPSA) is 92.8 Å². The van der Waals surface area contributed by atoms with Crippen molar-refractivity contribution in [1.29, 1.82) is 0 Å². The zero-order valence-electron chi connectivity index (χ0n) is 19.7. The number of ketones is 1. The Morgan fingerprint density at radius 1 is 1.00 bits per heavy atom. The second kappa shape index (κ2) is 9.98. The Morgan fingerprint density at radius 2 is 1.73 bits per heavy atom. The molecule has 3 rings (SSSR count). The summed E-state index contributed by atoms with van der Waals surface area (Å²) in [6, 6.07) is 11.3. The van der Waals surface area contributed by atoms with E-state index in [9.17, 15) is 19.2 Å². The van der Waals surface area contributed by atoms with Crippen LogP contribution in [0.25, 0.3) is 0 Å². The summed E-state index contributed by atoms with van der Waals surface area (Å²) >= 11 is 0. The number of esters is 1. The Morgan fingerprint density at radius 3 is 2.36 bits per heavy atom. The van der Waals surface area contributed by atoms with Crippen molar-refractivity contribution in [2.75, 3.05) is 11.4 Å². The number of benzene rings is 2. The highest BCUT2D eigenvalue weighted by Crippen LogP contribution is 2.29. The second-order valence-corrected chi connectivity index (χ2v) is 8.77. The van der Waals surface area contributed by atoms with Crippen molar-refractivity contribution in [3.05, 3.63) is 64.7 Å². The average Bonchev–Trinajstić information content (AvgIpc) is 3.19. The third kappa shape index (κ3) is 5.48. The molecule has 0 spiro atoms. The first-order valence-electron chi connectivity index (χ1n) is 11.1. The number of aryl methyl sites for hydroxylation is 1. The van der Waals surface area contributed by atoms with Crippen molar-refractivity contribution in [2.45, 2.75) is 53.2 Å². The van der Waals surface area contributed by atoms with Gasteiger partial charge in [0.15, 0.2) is 6.10 Å². The van der Waals surface area contributed by atoms with Gasteiger partial charge in [0.1, 0.15) is 6.04 Å². The van der Waals surface area contributed by atoms with Gasteiger partial charge in [-0.2, -0.15) is 0 Å². The van der Waals surface area contributed by atoms with E-state index in [1.807, 2.05) is 13.0 Å². The standard InChI is InChI=1S/C26H30N2O5/c1-15(2)23(27-25(31)21-8-6-7-16(3)13-21)26(32)33-17(4)24(30)20-9-10-22-19(14-20)11-12-28(22)18(5)29/h6-10,13-15,17,23H,11-12H2,1-5H3,(H,27,31)/t17?,23-/m0/s1. The molecule has 7 nitrogen and oxygen atoms in total. The minimum absolute atomic E-state index is 0.0393. The summed E-state index contributed by atoms with van der Waals surface area (Å²) in [7, 11) is 0. The van der Waals surface area contributed by atoms with Crippen molar-refractivity contribution in [3.8, 4) is 0 Å². The van der Waals surface area contributed by atoms with Crippen LogP contribution in [0.15, 0.2) is 42.5 Å². The molecule has 0 saturated heterocycles. The summed E-state index contributed by atoms with van der Waals surface area (Å²) < 4.78 is 5.46. The minimum atomic E-state index is -1.02. The fraction of sp³-hybridized carbons (Fsp3) is 0.385. The lowest BCUT2D eigenvalue weighted by Crippen LogP contribution is -2.46. The summed E-state index contributed by atoms with van der Waals surface area (Å²) in [5.74, 6) is -1.63. The largest absolute Gasteiger partial charge is 0.453 e. The van der Waals surface area contributed by atoms with E-state index < -0.39 is 18.1 Å². The molecule has 1 N–H and O–H groups in total. The van der Waals surface area contributed by atoms with Crippen LogP contribution >= 0.6 is 0 Å². The molecule has 1 heterocycles. The first kappa shape index (κ1) is 24.2. The van der Waals surface area contributed by atoms with Crippen LogP contribution in [0.1, 0.15) is 59.5 Å². The zero-order chi connectivity index (χ0) is 24.3. The highest BCUT2D eigenvalue weighted by Gasteiger charge is 2.30. The lowest BCUT2D eigenvalue weighted by molar-refractivity contribution is -0.149. The maximum atomic E-state index is 12.9. The molecular formula is C26H30N2O5. The van der Waals surface area contributed by atoms with Crippen molar-refractivity contribution in [1.82, 2.24) is 5.32 Å². The van der Waals surface area contributed by atoms with Crippen LogP contribution in [0.3, 0.4) is 0 Å². The Balaban J connectivity index is 1.68. The molecule has 0 radical (unpaired) electrons. The van der Waals surface area contributed by atoms with Gasteiger partial charge in [-0.15, -0.1) is 0 Å². The van der Waals surface area contributed by atoms with Gasteiger partial charge < -0.3 is 15.0 Å². The van der Waals surface area contributed by atoms with Crippen LogP contribution < -0.4 is 10.2 Å². The van der Waals surface area contributed by atoms with E-state index in [2.05, 4.69) is 5.32 Å². The Labute approximate surface area is 194 Å². The van der Waals surface area contributed by atoms with Gasteiger partial charge in [-0.05, 0) is 62.1 Å². The Kier molecular flexibility index (Phi) is 7.31. The van der Waals surface area contributed by atoms with E-state index in [0.717, 1.165) is 16.8 Å². The molecule has 0 saturated carbocycles. The maximum Gasteiger partial charge on any atom is 0.329 e. The van der Waals surface area contributed by atoms with Gasteiger partial charge in [0, 0.05) is 30.3 Å². The smallest absolute Gasteiger partial charge is 0.329 e. The fourth-order valence-corrected chi connectivity index (χ4v) is 3.93. The molecule has 1 aliphatic rings. The van der Waals surface area contributed by atoms with Crippen molar-refractivity contribution in [2.24, 2.45) is 5.92 Å². The third-order valence-electron chi connectivity index (χ3n) is 5.79. The molecule has 2 atom stereocenters.